The van der Waals surface area contributed by atoms with Crippen molar-refractivity contribution in [1.29, 1.82) is 0 Å². The van der Waals surface area contributed by atoms with Crippen LogP contribution in [0, 0.1) is 0 Å². The number of nitrogens with zero attached hydrogens (tertiary/aromatic N) is 2. The molecule has 0 atom stereocenters. The first-order valence-corrected chi connectivity index (χ1v) is 9.85. The van der Waals surface area contributed by atoms with E-state index in [2.05, 4.69) is 39.7 Å². The van der Waals surface area contributed by atoms with E-state index < -0.39 is 0 Å². The molecule has 1 aliphatic heterocycles. The molecule has 3 aromatic rings. The third kappa shape index (κ3) is 4.13. The normalized spacial score (nSPS) is 14.9. The van der Waals surface area contributed by atoms with E-state index in [0.717, 1.165) is 55.8 Å². The molecule has 1 aromatic carbocycles. The average molecular weight is 362 g/mol. The number of aromatic nitrogens is 2. The summed E-state index contributed by atoms with van der Waals surface area (Å²) in [6.45, 7) is 2.51. The van der Waals surface area contributed by atoms with Crippen molar-refractivity contribution in [1.82, 2.24) is 14.9 Å². The van der Waals surface area contributed by atoms with Crippen molar-refractivity contribution >= 4 is 22.6 Å². The van der Waals surface area contributed by atoms with Crippen molar-refractivity contribution in [3.05, 3.63) is 59.9 Å². The van der Waals surface area contributed by atoms with Crippen LogP contribution in [-0.2, 0) is 6.42 Å². The molecule has 2 aromatic heterocycles. The topological polar surface area (TPSA) is 61.0 Å². The number of hydrogen-bond donors (Lipinski definition) is 2. The molecule has 0 radical (unpaired) electrons. The zero-order valence-corrected chi connectivity index (χ0v) is 15.6. The van der Waals surface area contributed by atoms with Crippen LogP contribution in [0.1, 0.15) is 41.6 Å². The lowest BCUT2D eigenvalue weighted by Crippen LogP contribution is -2.31. The molecule has 27 heavy (non-hydrogen) atoms. The van der Waals surface area contributed by atoms with Crippen LogP contribution in [0.25, 0.3) is 10.9 Å². The number of amides is 1. The summed E-state index contributed by atoms with van der Waals surface area (Å²) in [5, 5.41) is 4.62. The number of benzene rings is 1. The van der Waals surface area contributed by atoms with E-state index in [9.17, 15) is 4.79 Å². The molecule has 1 fully saturated rings. The Labute approximate surface area is 159 Å². The number of carbonyl (C=O) groups excluding carboxylic acids is 1. The smallest absolute Gasteiger partial charge is 0.254 e. The first-order valence-electron chi connectivity index (χ1n) is 9.85. The van der Waals surface area contributed by atoms with Gasteiger partial charge in [-0.05, 0) is 43.0 Å². The summed E-state index contributed by atoms with van der Waals surface area (Å²) < 4.78 is 0. The van der Waals surface area contributed by atoms with Gasteiger partial charge in [-0.15, -0.1) is 0 Å². The van der Waals surface area contributed by atoms with Crippen LogP contribution < -0.4 is 5.32 Å². The molecular weight excluding hydrogens is 336 g/mol. The van der Waals surface area contributed by atoms with Gasteiger partial charge in [-0.2, -0.15) is 0 Å². The summed E-state index contributed by atoms with van der Waals surface area (Å²) in [7, 11) is 0. The second kappa shape index (κ2) is 8.25. The Morgan fingerprint density at radius 3 is 2.78 bits per heavy atom. The first kappa shape index (κ1) is 17.6. The number of para-hydroxylation sites is 1. The van der Waals surface area contributed by atoms with Gasteiger partial charge in [0, 0.05) is 48.5 Å². The molecule has 5 nitrogen and oxygen atoms in total. The van der Waals surface area contributed by atoms with Crippen LogP contribution in [-0.4, -0.2) is 40.4 Å². The van der Waals surface area contributed by atoms with Gasteiger partial charge in [-0.25, -0.2) is 4.98 Å². The van der Waals surface area contributed by atoms with Gasteiger partial charge in [0.05, 0.1) is 0 Å². The van der Waals surface area contributed by atoms with E-state index >= 15 is 0 Å². The number of fused-ring (bicyclic) bond motifs is 1. The Morgan fingerprint density at radius 2 is 1.93 bits per heavy atom. The fraction of sp³-hybridized carbons (Fsp3) is 0.364. The summed E-state index contributed by atoms with van der Waals surface area (Å²) in [4.78, 5) is 22.4. The first-order chi connectivity index (χ1) is 13.3. The molecule has 5 heteroatoms. The quantitative estimate of drug-likeness (QED) is 0.714. The minimum Gasteiger partial charge on any atom is -0.370 e. The summed E-state index contributed by atoms with van der Waals surface area (Å²) in [5.74, 6) is 0.884. The van der Waals surface area contributed by atoms with Gasteiger partial charge in [0.1, 0.15) is 5.82 Å². The van der Waals surface area contributed by atoms with E-state index in [1.54, 1.807) is 6.20 Å². The number of rotatable bonds is 5. The number of pyridine rings is 1. The lowest BCUT2D eigenvalue weighted by atomic mass is 10.1. The zero-order valence-electron chi connectivity index (χ0n) is 15.6. The van der Waals surface area contributed by atoms with Gasteiger partial charge in [0.15, 0.2) is 0 Å². The number of anilines is 1. The summed E-state index contributed by atoms with van der Waals surface area (Å²) in [5.41, 5.74) is 3.17. The fourth-order valence-electron chi connectivity index (χ4n) is 3.78. The average Bonchev–Trinajstić information content (AvgIpc) is 2.93. The molecule has 140 valence electrons. The molecule has 0 spiro atoms. The van der Waals surface area contributed by atoms with Crippen LogP contribution in [0.4, 0.5) is 5.82 Å². The highest BCUT2D eigenvalue weighted by Crippen LogP contribution is 2.19. The van der Waals surface area contributed by atoms with Crippen LogP contribution in [0.3, 0.4) is 0 Å². The number of nitrogens with one attached hydrogen (secondary N) is 2. The molecule has 0 bridgehead atoms. The Balaban J connectivity index is 1.38. The second-order valence-electron chi connectivity index (χ2n) is 7.17. The molecule has 1 saturated heterocycles. The lowest BCUT2D eigenvalue weighted by Gasteiger charge is -2.20. The maximum absolute atomic E-state index is 12.8. The highest BCUT2D eigenvalue weighted by Gasteiger charge is 2.17. The monoisotopic (exact) mass is 362 g/mol. The molecule has 4 rings (SSSR count). The minimum atomic E-state index is 0.124. The van der Waals surface area contributed by atoms with Crippen molar-refractivity contribution in [2.75, 3.05) is 25.0 Å². The van der Waals surface area contributed by atoms with Gasteiger partial charge < -0.3 is 15.2 Å². The Hall–Kier alpha value is -2.82. The summed E-state index contributed by atoms with van der Waals surface area (Å²) >= 11 is 0. The van der Waals surface area contributed by atoms with Gasteiger partial charge in [0.2, 0.25) is 0 Å². The van der Waals surface area contributed by atoms with Crippen molar-refractivity contribution < 1.29 is 4.79 Å². The van der Waals surface area contributed by atoms with Gasteiger partial charge in [-0.1, -0.05) is 31.0 Å². The van der Waals surface area contributed by atoms with Crippen LogP contribution in [0.5, 0.6) is 0 Å². The van der Waals surface area contributed by atoms with Gasteiger partial charge in [0.25, 0.3) is 5.91 Å². The predicted octanol–water partition coefficient (Wildman–Crippen LogP) is 4.23. The molecule has 1 amide bonds. The van der Waals surface area contributed by atoms with Crippen LogP contribution in [0.15, 0.2) is 48.8 Å². The van der Waals surface area contributed by atoms with E-state index in [1.165, 1.54) is 23.8 Å². The lowest BCUT2D eigenvalue weighted by molar-refractivity contribution is 0.0761. The van der Waals surface area contributed by atoms with Crippen molar-refractivity contribution in [3.63, 3.8) is 0 Å². The molecule has 2 N–H and O–H groups in total. The number of likely N-dealkylation sites (tertiary alicyclic amines) is 1. The largest absolute Gasteiger partial charge is 0.370 e. The highest BCUT2D eigenvalue weighted by molar-refractivity contribution is 5.94. The zero-order chi connectivity index (χ0) is 18.5. The third-order valence-corrected chi connectivity index (χ3v) is 5.28. The summed E-state index contributed by atoms with van der Waals surface area (Å²) in [6, 6.07) is 12.0. The Morgan fingerprint density at radius 1 is 1.11 bits per heavy atom. The van der Waals surface area contributed by atoms with Gasteiger partial charge in [-0.3, -0.25) is 4.79 Å². The van der Waals surface area contributed by atoms with Crippen molar-refractivity contribution in [2.24, 2.45) is 0 Å². The van der Waals surface area contributed by atoms with Crippen molar-refractivity contribution in [3.8, 4) is 0 Å². The molecule has 0 saturated carbocycles. The van der Waals surface area contributed by atoms with E-state index in [0.29, 0.717) is 0 Å². The fourth-order valence-corrected chi connectivity index (χ4v) is 3.78. The van der Waals surface area contributed by atoms with Gasteiger partial charge >= 0.3 is 0 Å². The van der Waals surface area contributed by atoms with Crippen LogP contribution in [0.2, 0.25) is 0 Å². The maximum Gasteiger partial charge on any atom is 0.254 e. The Bertz CT molecular complexity index is 909. The summed E-state index contributed by atoms with van der Waals surface area (Å²) in [6.07, 6.45) is 9.34. The number of hydrogen-bond acceptors (Lipinski definition) is 3. The SMILES string of the molecule is O=C(c1ccnc(NCCc2c[nH]c3ccccc23)c1)N1CCCCCC1. The van der Waals surface area contributed by atoms with Crippen LogP contribution >= 0.6 is 0 Å². The molecular formula is C22H26N4O. The molecule has 1 aliphatic rings. The van der Waals surface area contributed by atoms with Crippen molar-refractivity contribution in [2.45, 2.75) is 32.1 Å². The Kier molecular flexibility index (Phi) is 5.37. The third-order valence-electron chi connectivity index (χ3n) is 5.28. The predicted molar refractivity (Wildman–Crippen MR) is 109 cm³/mol. The van der Waals surface area contributed by atoms with E-state index in [1.807, 2.05) is 23.1 Å². The number of carbonyl (C=O) groups is 1. The maximum atomic E-state index is 12.8. The van der Waals surface area contributed by atoms with E-state index in [-0.39, 0.29) is 5.91 Å². The highest BCUT2D eigenvalue weighted by atomic mass is 16.2. The van der Waals surface area contributed by atoms with E-state index in [4.69, 9.17) is 0 Å². The minimum absolute atomic E-state index is 0.124. The molecule has 3 heterocycles. The number of aromatic amines is 1. The standard InChI is InChI=1S/C22H26N4O/c27-22(26-13-5-1-2-6-14-26)17-9-11-23-21(15-17)24-12-10-18-16-25-20-8-4-3-7-19(18)20/h3-4,7-9,11,15-16,25H,1-2,5-6,10,12-14H2,(H,23,24). The molecule has 0 aliphatic carbocycles. The number of H-pyrrole nitrogens is 1. The second-order valence-corrected chi connectivity index (χ2v) is 7.17. The molecule has 0 unspecified atom stereocenters.